The van der Waals surface area contributed by atoms with E-state index in [0.717, 1.165) is 33.5 Å². The predicted molar refractivity (Wildman–Crippen MR) is 277 cm³/mol. The summed E-state index contributed by atoms with van der Waals surface area (Å²) in [6.07, 6.45) is 0. The van der Waals surface area contributed by atoms with Crippen molar-refractivity contribution in [3.63, 3.8) is 0 Å². The van der Waals surface area contributed by atoms with Gasteiger partial charge in [0.25, 0.3) is 0 Å². The lowest BCUT2D eigenvalue weighted by Gasteiger charge is -2.34. The average Bonchev–Trinajstić information content (AvgIpc) is 3.93. The number of nitrogens with zero attached hydrogens (tertiary/aromatic N) is 2. The molecule has 1 aliphatic rings. The predicted octanol–water partition coefficient (Wildman–Crippen LogP) is 16.7. The summed E-state index contributed by atoms with van der Waals surface area (Å²) in [5.41, 5.74) is 17.0. The molecule has 0 bridgehead atoms. The van der Waals surface area contributed by atoms with Gasteiger partial charge in [0.15, 0.2) is 5.82 Å². The van der Waals surface area contributed by atoms with Crippen molar-refractivity contribution in [1.29, 1.82) is 0 Å². The van der Waals surface area contributed by atoms with Crippen molar-refractivity contribution in [3.05, 3.63) is 265 Å². The normalized spacial score (nSPS) is 12.7. The number of hydrogen-bond donors (Lipinski definition) is 0. The summed E-state index contributed by atoms with van der Waals surface area (Å²) >= 11 is 1.83. The van der Waals surface area contributed by atoms with Gasteiger partial charge in [0, 0.05) is 36.9 Å². The van der Waals surface area contributed by atoms with E-state index in [1.54, 1.807) is 0 Å². The van der Waals surface area contributed by atoms with Gasteiger partial charge in [0.05, 0.1) is 16.8 Å². The molecule has 13 rings (SSSR count). The topological polar surface area (TPSA) is 25.8 Å². The molecule has 308 valence electrons. The summed E-state index contributed by atoms with van der Waals surface area (Å²) in [6.45, 7) is 0. The molecule has 0 amide bonds. The SMILES string of the molecule is c1ccc(-c2nc(-c3ccc(-c4cccc(-c5cccc6c5-c5ccccc5C6(c5ccccc5)c5ccccc5)c4)c4ccccc34)cc(-c3cccc4c3sc3ccccc34)n2)cc1. The van der Waals surface area contributed by atoms with Crippen LogP contribution in [0.4, 0.5) is 0 Å². The highest BCUT2D eigenvalue weighted by Crippen LogP contribution is 2.58. The fraction of sp³-hybridized carbons (Fsp3) is 0.0159. The third-order valence-electron chi connectivity index (χ3n) is 13.6. The van der Waals surface area contributed by atoms with Crippen LogP contribution in [0.1, 0.15) is 22.3 Å². The maximum atomic E-state index is 5.33. The van der Waals surface area contributed by atoms with Gasteiger partial charge in [-0.25, -0.2) is 9.97 Å². The summed E-state index contributed by atoms with van der Waals surface area (Å²) < 4.78 is 2.51. The fourth-order valence-corrected chi connectivity index (χ4v) is 12.0. The molecule has 2 aromatic heterocycles. The Bertz CT molecular complexity index is 3780. The second-order valence-electron chi connectivity index (χ2n) is 17.2. The highest BCUT2D eigenvalue weighted by molar-refractivity contribution is 7.26. The minimum Gasteiger partial charge on any atom is -0.228 e. The number of fused-ring (bicyclic) bond motifs is 7. The molecule has 66 heavy (non-hydrogen) atoms. The molecule has 0 spiro atoms. The zero-order valence-corrected chi connectivity index (χ0v) is 36.7. The van der Waals surface area contributed by atoms with E-state index in [1.165, 1.54) is 81.2 Å². The molecule has 1 aliphatic carbocycles. The van der Waals surface area contributed by atoms with E-state index in [2.05, 4.69) is 237 Å². The van der Waals surface area contributed by atoms with Crippen LogP contribution in [0.15, 0.2) is 243 Å². The van der Waals surface area contributed by atoms with E-state index in [1.807, 2.05) is 17.4 Å². The van der Waals surface area contributed by atoms with Gasteiger partial charge in [-0.3, -0.25) is 0 Å². The Balaban J connectivity index is 0.970. The lowest BCUT2D eigenvalue weighted by atomic mass is 9.67. The van der Waals surface area contributed by atoms with Crippen LogP contribution >= 0.6 is 11.3 Å². The van der Waals surface area contributed by atoms with Gasteiger partial charge >= 0.3 is 0 Å². The van der Waals surface area contributed by atoms with Crippen LogP contribution in [0.3, 0.4) is 0 Å². The molecule has 0 unspecified atom stereocenters. The molecule has 3 heteroatoms. The maximum Gasteiger partial charge on any atom is 0.160 e. The standard InChI is InChI=1S/C63H40N2S/c1-4-19-41(20-5-1)62-64-57(40-58(65-62)54-33-17-32-52-51-29-13-15-36-59(51)66-61(52)54)50-38-37-46(48-27-10-11-28-49(48)50)42-21-16-22-43(39-42)47-31-18-35-56-60(47)53-30-12-14-34-55(53)63(56,44-23-6-2-7-24-44)45-25-8-3-9-26-45/h1-40H. The van der Waals surface area contributed by atoms with Gasteiger partial charge in [-0.05, 0) is 84.6 Å². The number of hydrogen-bond acceptors (Lipinski definition) is 3. The minimum atomic E-state index is -0.459. The van der Waals surface area contributed by atoms with Crippen LogP contribution in [0.2, 0.25) is 0 Å². The molecular weight excluding hydrogens is 817 g/mol. The first-order chi connectivity index (χ1) is 32.7. The number of rotatable bonds is 7. The Hall–Kier alpha value is -8.24. The molecule has 0 fully saturated rings. The van der Waals surface area contributed by atoms with Crippen LogP contribution in [-0.2, 0) is 5.41 Å². The second kappa shape index (κ2) is 15.5. The van der Waals surface area contributed by atoms with Crippen molar-refractivity contribution in [2.24, 2.45) is 0 Å². The smallest absolute Gasteiger partial charge is 0.160 e. The summed E-state index contributed by atoms with van der Waals surface area (Å²) in [5, 5.41) is 4.85. The molecule has 10 aromatic carbocycles. The van der Waals surface area contributed by atoms with Crippen molar-refractivity contribution in [2.45, 2.75) is 5.41 Å². The molecule has 12 aromatic rings. The molecule has 0 saturated heterocycles. The maximum absolute atomic E-state index is 5.33. The Labute approximate surface area is 387 Å². The molecule has 2 nitrogen and oxygen atoms in total. The van der Waals surface area contributed by atoms with Crippen molar-refractivity contribution < 1.29 is 0 Å². The molecule has 0 aliphatic heterocycles. The summed E-state index contributed by atoms with van der Waals surface area (Å²) in [7, 11) is 0. The Morgan fingerprint density at radius 2 is 0.818 bits per heavy atom. The molecule has 0 saturated carbocycles. The van der Waals surface area contributed by atoms with Crippen LogP contribution in [-0.4, -0.2) is 9.97 Å². The Morgan fingerprint density at radius 1 is 0.318 bits per heavy atom. The van der Waals surface area contributed by atoms with E-state index < -0.39 is 5.41 Å². The third kappa shape index (κ3) is 5.94. The zero-order chi connectivity index (χ0) is 43.6. The van der Waals surface area contributed by atoms with Crippen molar-refractivity contribution in [2.75, 3.05) is 0 Å². The van der Waals surface area contributed by atoms with E-state index >= 15 is 0 Å². The van der Waals surface area contributed by atoms with Gasteiger partial charge < -0.3 is 0 Å². The Kier molecular flexibility index (Phi) is 8.97. The first-order valence-corrected chi connectivity index (χ1v) is 23.4. The lowest BCUT2D eigenvalue weighted by Crippen LogP contribution is -2.28. The zero-order valence-electron chi connectivity index (χ0n) is 35.9. The quantitative estimate of drug-likeness (QED) is 0.160. The van der Waals surface area contributed by atoms with Gasteiger partial charge in [-0.15, -0.1) is 11.3 Å². The van der Waals surface area contributed by atoms with Gasteiger partial charge in [-0.1, -0.05) is 224 Å². The summed E-state index contributed by atoms with van der Waals surface area (Å²) in [6, 6.07) is 88.2. The van der Waals surface area contributed by atoms with E-state index in [9.17, 15) is 0 Å². The number of thiophene rings is 1. The number of aromatic nitrogens is 2. The molecule has 0 atom stereocenters. The first-order valence-electron chi connectivity index (χ1n) is 22.6. The van der Waals surface area contributed by atoms with Crippen molar-refractivity contribution in [3.8, 4) is 67.3 Å². The Morgan fingerprint density at radius 3 is 1.58 bits per heavy atom. The largest absolute Gasteiger partial charge is 0.228 e. The molecule has 0 N–H and O–H groups in total. The minimum absolute atomic E-state index is 0.459. The summed E-state index contributed by atoms with van der Waals surface area (Å²) in [4.78, 5) is 10.6. The molecular formula is C63H40N2S. The van der Waals surface area contributed by atoms with E-state index in [0.29, 0.717) is 5.82 Å². The van der Waals surface area contributed by atoms with Crippen LogP contribution in [0.25, 0.3) is 98.2 Å². The molecule has 0 radical (unpaired) electrons. The molecule has 2 heterocycles. The number of benzene rings is 10. The van der Waals surface area contributed by atoms with Gasteiger partial charge in [0.2, 0.25) is 0 Å². The van der Waals surface area contributed by atoms with Crippen molar-refractivity contribution >= 4 is 42.3 Å². The van der Waals surface area contributed by atoms with Gasteiger partial charge in [0.1, 0.15) is 0 Å². The monoisotopic (exact) mass is 856 g/mol. The highest BCUT2D eigenvalue weighted by Gasteiger charge is 2.46. The fourth-order valence-electron chi connectivity index (χ4n) is 10.8. The van der Waals surface area contributed by atoms with Gasteiger partial charge in [-0.2, -0.15) is 0 Å². The van der Waals surface area contributed by atoms with E-state index in [4.69, 9.17) is 9.97 Å². The van der Waals surface area contributed by atoms with Crippen LogP contribution in [0.5, 0.6) is 0 Å². The van der Waals surface area contributed by atoms with Crippen molar-refractivity contribution in [1.82, 2.24) is 9.97 Å². The lowest BCUT2D eigenvalue weighted by molar-refractivity contribution is 0.768. The second-order valence-corrected chi connectivity index (χ2v) is 18.2. The highest BCUT2D eigenvalue weighted by atomic mass is 32.1. The average molecular weight is 857 g/mol. The van der Waals surface area contributed by atoms with E-state index in [-0.39, 0.29) is 0 Å². The van der Waals surface area contributed by atoms with Crippen LogP contribution in [0, 0.1) is 0 Å². The first kappa shape index (κ1) is 38.2. The summed E-state index contributed by atoms with van der Waals surface area (Å²) in [5.74, 6) is 0.711. The van der Waals surface area contributed by atoms with Crippen LogP contribution < -0.4 is 0 Å². The third-order valence-corrected chi connectivity index (χ3v) is 14.8.